The molecule has 0 saturated heterocycles. The van der Waals surface area contributed by atoms with Gasteiger partial charge in [0.05, 0.1) is 6.61 Å². The summed E-state index contributed by atoms with van der Waals surface area (Å²) in [6.45, 7) is 2.06. The summed E-state index contributed by atoms with van der Waals surface area (Å²) in [6, 6.07) is 0. The Hall–Kier alpha value is -0.0100. The average molecular weight is 205 g/mol. The molecule has 0 heterocycles. The summed E-state index contributed by atoms with van der Waals surface area (Å²) in [4.78, 5) is 16.3. The first-order valence-electron chi connectivity index (χ1n) is 2.76. The van der Waals surface area contributed by atoms with Crippen LogP contribution in [0.4, 0.5) is 0 Å². The molecule has 7 nitrogen and oxygen atoms in total. The Kier molecular flexibility index (Phi) is 20.8. The predicted molar refractivity (Wildman–Crippen MR) is 48.0 cm³/mol. The minimum atomic E-state index is -4.20. The molecule has 0 aromatic rings. The maximum Gasteiger partial charge on any atom is 0.469 e. The van der Waals surface area contributed by atoms with E-state index in [-0.39, 0.29) is 25.1 Å². The second-order valence-corrected chi connectivity index (χ2v) is 2.92. The molecule has 0 spiro atoms. The van der Waals surface area contributed by atoms with Gasteiger partial charge in [0.1, 0.15) is 0 Å². The van der Waals surface area contributed by atoms with Gasteiger partial charge in [0.2, 0.25) is 0 Å². The normalized spacial score (nSPS) is 8.92. The molecule has 0 aliphatic carbocycles. The lowest BCUT2D eigenvalue weighted by atomic mass is 10.4. The molecule has 0 aromatic carbocycles. The molecule has 0 aliphatic heterocycles. The number of rotatable bonds is 4. The van der Waals surface area contributed by atoms with Crippen LogP contribution in [0.2, 0.25) is 0 Å². The number of hydrogen-bond acceptors (Lipinski definition) is 5. The molecule has 0 atom stereocenters. The highest BCUT2D eigenvalue weighted by molar-refractivity contribution is 7.46. The van der Waals surface area contributed by atoms with Crippen LogP contribution in [0.15, 0.2) is 0 Å². The summed E-state index contributed by atoms with van der Waals surface area (Å²) in [5.74, 6) is 0. The lowest BCUT2D eigenvalue weighted by molar-refractivity contribution is 0.194. The summed E-state index contributed by atoms with van der Waals surface area (Å²) in [5.41, 5.74) is 0. The van der Waals surface area contributed by atoms with Crippen LogP contribution in [0.3, 0.4) is 0 Å². The van der Waals surface area contributed by atoms with Gasteiger partial charge in [0.15, 0.2) is 0 Å². The predicted octanol–water partition coefficient (Wildman–Crippen LogP) is 1.38. The number of phosphoric ester groups is 1. The summed E-state index contributed by atoms with van der Waals surface area (Å²) < 4.78 is 14.1. The highest BCUT2D eigenvalue weighted by atomic mass is 31.2. The highest BCUT2D eigenvalue weighted by Gasteiger charge is 2.11. The monoisotopic (exact) mass is 205 g/mol. The molecule has 11 N–H and O–H groups in total. The van der Waals surface area contributed by atoms with E-state index in [1.165, 1.54) is 0 Å². The van der Waals surface area contributed by atoms with E-state index in [2.05, 4.69) is 4.52 Å². The zero-order valence-corrected chi connectivity index (χ0v) is 8.30. The first-order valence-corrected chi connectivity index (χ1v) is 4.29. The Morgan fingerprint density at radius 1 is 1.25 bits per heavy atom. The first-order chi connectivity index (χ1) is 4.06. The molecule has 0 aromatic heterocycles. The van der Waals surface area contributed by atoms with Crippen LogP contribution in [0.25, 0.3) is 0 Å². The molecular formula is C4H20N3O4P. The zero-order valence-electron chi connectivity index (χ0n) is 7.40. The van der Waals surface area contributed by atoms with Crippen LogP contribution in [-0.4, -0.2) is 16.4 Å². The van der Waals surface area contributed by atoms with E-state index in [0.29, 0.717) is 6.42 Å². The Morgan fingerprint density at radius 2 is 1.67 bits per heavy atom. The number of unbranched alkanes of at least 4 members (excludes halogenated alkanes) is 1. The maximum atomic E-state index is 9.98. The molecule has 0 aliphatic rings. The fourth-order valence-corrected chi connectivity index (χ4v) is 0.695. The minimum Gasteiger partial charge on any atom is -0.344 e. The zero-order chi connectivity index (χ0) is 7.33. The summed E-state index contributed by atoms with van der Waals surface area (Å²) >= 11 is 0. The largest absolute Gasteiger partial charge is 0.469 e. The average Bonchev–Trinajstić information content (AvgIpc) is 1.63. The van der Waals surface area contributed by atoms with E-state index < -0.39 is 7.82 Å². The van der Waals surface area contributed by atoms with Crippen LogP contribution in [0.1, 0.15) is 19.8 Å². The number of hydrogen-bond donors (Lipinski definition) is 5. The quantitative estimate of drug-likeness (QED) is 0.340. The van der Waals surface area contributed by atoms with Crippen molar-refractivity contribution in [1.29, 1.82) is 0 Å². The first kappa shape index (κ1) is 22.7. The Morgan fingerprint density at radius 3 is 1.92 bits per heavy atom. The van der Waals surface area contributed by atoms with Crippen molar-refractivity contribution < 1.29 is 18.9 Å². The third-order valence-corrected chi connectivity index (χ3v) is 1.28. The van der Waals surface area contributed by atoms with Gasteiger partial charge < -0.3 is 28.2 Å². The minimum absolute atomic E-state index is 0. The molecule has 12 heavy (non-hydrogen) atoms. The van der Waals surface area contributed by atoms with Crippen molar-refractivity contribution in [3.8, 4) is 0 Å². The second kappa shape index (κ2) is 11.0. The van der Waals surface area contributed by atoms with Gasteiger partial charge in [0, 0.05) is 0 Å². The van der Waals surface area contributed by atoms with Crippen LogP contribution in [0.5, 0.6) is 0 Å². The van der Waals surface area contributed by atoms with Crippen molar-refractivity contribution in [3.63, 3.8) is 0 Å². The lowest BCUT2D eigenvalue weighted by Gasteiger charge is -2.02. The maximum absolute atomic E-state index is 9.98. The molecule has 8 heteroatoms. The van der Waals surface area contributed by atoms with Crippen LogP contribution < -0.4 is 18.5 Å². The van der Waals surface area contributed by atoms with Gasteiger partial charge in [-0.1, -0.05) is 13.3 Å². The van der Waals surface area contributed by atoms with E-state index in [1.807, 2.05) is 6.92 Å². The van der Waals surface area contributed by atoms with E-state index in [1.54, 1.807) is 0 Å². The molecule has 0 saturated carbocycles. The fraction of sp³-hybridized carbons (Fsp3) is 1.00. The standard InChI is InChI=1S/C4H11O4P.3H3N/c1-2-3-4-8-9(5,6)7;;;/h2-4H2,1H3,(H2,5,6,7);3*1H3. The fourth-order valence-electron chi connectivity index (χ4n) is 0.328. The van der Waals surface area contributed by atoms with Crippen molar-refractivity contribution in [3.05, 3.63) is 0 Å². The van der Waals surface area contributed by atoms with Gasteiger partial charge in [-0.3, -0.25) is 4.52 Å². The van der Waals surface area contributed by atoms with E-state index in [4.69, 9.17) is 9.79 Å². The van der Waals surface area contributed by atoms with Crippen LogP contribution in [-0.2, 0) is 9.09 Å². The topological polar surface area (TPSA) is 172 Å². The molecule has 0 fully saturated rings. The van der Waals surface area contributed by atoms with Crippen molar-refractivity contribution in [2.45, 2.75) is 19.8 Å². The van der Waals surface area contributed by atoms with E-state index >= 15 is 0 Å². The van der Waals surface area contributed by atoms with E-state index in [9.17, 15) is 4.57 Å². The van der Waals surface area contributed by atoms with Crippen LogP contribution >= 0.6 is 7.82 Å². The molecule has 0 rings (SSSR count). The van der Waals surface area contributed by atoms with E-state index in [0.717, 1.165) is 6.42 Å². The Balaban J connectivity index is -0.000000107. The second-order valence-electron chi connectivity index (χ2n) is 1.68. The van der Waals surface area contributed by atoms with Gasteiger partial charge in [-0.2, -0.15) is 0 Å². The van der Waals surface area contributed by atoms with Gasteiger partial charge in [-0.05, 0) is 6.42 Å². The lowest BCUT2D eigenvalue weighted by Crippen LogP contribution is -1.90. The molecular weight excluding hydrogens is 185 g/mol. The SMILES string of the molecule is CCCCOP(=O)(O)O.N.N.N. The summed E-state index contributed by atoms with van der Waals surface area (Å²) in [7, 11) is -4.20. The molecule has 0 unspecified atom stereocenters. The Bertz CT molecular complexity index is 117. The molecule has 0 amide bonds. The molecule has 0 bridgehead atoms. The molecule has 80 valence electrons. The summed E-state index contributed by atoms with van der Waals surface area (Å²) in [5, 5.41) is 0. The third kappa shape index (κ3) is 22.5. The van der Waals surface area contributed by atoms with Gasteiger partial charge in [0.25, 0.3) is 0 Å². The van der Waals surface area contributed by atoms with Gasteiger partial charge in [-0.15, -0.1) is 0 Å². The van der Waals surface area contributed by atoms with Crippen molar-refractivity contribution in [1.82, 2.24) is 18.5 Å². The molecule has 0 radical (unpaired) electrons. The number of phosphoric acid groups is 1. The third-order valence-electron chi connectivity index (χ3n) is 0.757. The van der Waals surface area contributed by atoms with Gasteiger partial charge in [-0.25, -0.2) is 4.57 Å². The van der Waals surface area contributed by atoms with Crippen molar-refractivity contribution >= 4 is 7.82 Å². The van der Waals surface area contributed by atoms with Crippen LogP contribution in [0, 0.1) is 0 Å². The smallest absolute Gasteiger partial charge is 0.344 e. The highest BCUT2D eigenvalue weighted by Crippen LogP contribution is 2.35. The summed E-state index contributed by atoms with van der Waals surface area (Å²) in [6.07, 6.45) is 1.56. The Labute approximate surface area is 72.5 Å². The van der Waals surface area contributed by atoms with Gasteiger partial charge >= 0.3 is 7.82 Å². The van der Waals surface area contributed by atoms with Crippen molar-refractivity contribution in [2.24, 2.45) is 0 Å². The van der Waals surface area contributed by atoms with Crippen molar-refractivity contribution in [2.75, 3.05) is 6.61 Å².